The first-order valence-corrected chi connectivity index (χ1v) is 22.5. The molecular weight excluding hydrogens is 988 g/mol. The zero-order valence-electron chi connectivity index (χ0n) is 37.1. The van der Waals surface area contributed by atoms with Gasteiger partial charge in [0.25, 0.3) is 12.0 Å². The molecule has 4 aromatic carbocycles. The lowest BCUT2D eigenvalue weighted by molar-refractivity contribution is -0.253. The van der Waals surface area contributed by atoms with E-state index in [4.69, 9.17) is 27.9 Å². The van der Waals surface area contributed by atoms with E-state index >= 15 is 0 Å². The van der Waals surface area contributed by atoms with Gasteiger partial charge in [0, 0.05) is 31.3 Å². The van der Waals surface area contributed by atoms with E-state index in [2.05, 4.69) is 45.7 Å². The maximum absolute atomic E-state index is 14.9. The number of aryl methyl sites for hydroxylation is 1. The first-order valence-electron chi connectivity index (χ1n) is 21.7. The monoisotopic (exact) mass is 1030 g/mol. The molecule has 1 aliphatic heterocycles. The Morgan fingerprint density at radius 1 is 0.704 bits per heavy atom. The maximum atomic E-state index is 14.9. The summed E-state index contributed by atoms with van der Waals surface area (Å²) >= 11 is 12.1. The van der Waals surface area contributed by atoms with Crippen LogP contribution < -0.4 is 15.4 Å². The minimum Gasteiger partial charge on any atom is -0.460 e. The summed E-state index contributed by atoms with van der Waals surface area (Å²) in [5.41, 5.74) is -1.82. The number of pyridine rings is 2. The van der Waals surface area contributed by atoms with E-state index in [1.807, 2.05) is 36.4 Å². The molecule has 11 nitrogen and oxygen atoms in total. The van der Waals surface area contributed by atoms with Crippen molar-refractivity contribution < 1.29 is 49.0 Å². The molecule has 0 bridgehead atoms. The molecule has 0 amide bonds. The highest BCUT2D eigenvalue weighted by Gasteiger charge is 2.46. The maximum Gasteiger partial charge on any atom is 0.461 e. The number of tetrazole rings is 1. The lowest BCUT2D eigenvalue weighted by Gasteiger charge is -2.36. The van der Waals surface area contributed by atoms with Gasteiger partial charge in [-0.25, -0.2) is 13.8 Å². The van der Waals surface area contributed by atoms with Crippen LogP contribution in [-0.2, 0) is 41.9 Å². The van der Waals surface area contributed by atoms with Gasteiger partial charge >= 0.3 is 18.7 Å². The third-order valence-corrected chi connectivity index (χ3v) is 12.1. The smallest absolute Gasteiger partial charge is 0.460 e. The number of rotatable bonds is 14. The van der Waals surface area contributed by atoms with Crippen molar-refractivity contribution in [3.8, 4) is 5.75 Å². The van der Waals surface area contributed by atoms with Crippen molar-refractivity contribution in [3.05, 3.63) is 195 Å². The summed E-state index contributed by atoms with van der Waals surface area (Å²) in [6.45, 7) is 0. The number of aliphatic imine (C=N–C) groups is 1. The standard InChI is InChI=1S/C27H23ClF5N3O2.C22H17ClF4N6/c28-18-9-10-23(34-15-18)26(14-16-5-2-1-3-6-16,36-25-35-21-7-4-8-22(21)37-25)17-11-19(29)13-20(12-17)38-27(32,33)24(30)31;1-33-31-20(30-32-33)29-21(12-14-5-3-2-4-6-14,19-8-7-17(23)13-28-19)15-9-16(22(25,26)27)11-18(24)10-15/h1-3,5-6,9-13,15,21-22,24H,4,7-8,14H2,(H,35,36);2-11,13H,12H2,1H3,(H,29,31)/t21?,22?,26-;/m0./s1. The molecule has 4 heterocycles. The number of amidine groups is 1. The molecule has 0 saturated heterocycles. The number of nitrogens with zero attached hydrogens (tertiary/aromatic N) is 7. The van der Waals surface area contributed by atoms with Crippen molar-refractivity contribution in [1.29, 1.82) is 0 Å². The molecule has 2 N–H and O–H groups in total. The summed E-state index contributed by atoms with van der Waals surface area (Å²) in [5, 5.41) is 18.8. The highest BCUT2D eigenvalue weighted by Crippen LogP contribution is 2.41. The van der Waals surface area contributed by atoms with Gasteiger partial charge in [0.2, 0.25) is 0 Å². The SMILES string of the molecule is Cn1nnc(NC(Cc2ccccc2)(c2cc(F)cc(C(F)(F)F)c2)c2ccc(Cl)cn2)n1.Fc1cc(OC(F)(F)C(F)F)cc([C@](Cc2ccccc2)(NC2=NC3CCCC3O2)c2ccc(Cl)cn2)c1. The summed E-state index contributed by atoms with van der Waals surface area (Å²) in [5.74, 6) is -2.75. The topological polar surface area (TPSA) is 124 Å². The second-order valence-corrected chi connectivity index (χ2v) is 17.5. The second kappa shape index (κ2) is 20.8. The molecule has 1 saturated carbocycles. The first-order chi connectivity index (χ1) is 33.8. The Kier molecular flexibility index (Phi) is 14.8. The van der Waals surface area contributed by atoms with Crippen molar-refractivity contribution in [1.82, 2.24) is 35.5 Å². The number of ether oxygens (including phenoxy) is 2. The molecule has 0 spiro atoms. The fourth-order valence-corrected chi connectivity index (χ4v) is 8.68. The number of alkyl halides is 7. The van der Waals surface area contributed by atoms with E-state index < -0.39 is 52.7 Å². The van der Waals surface area contributed by atoms with E-state index in [-0.39, 0.29) is 48.1 Å². The molecule has 7 aromatic rings. The number of anilines is 1. The highest BCUT2D eigenvalue weighted by molar-refractivity contribution is 6.30. The Bertz CT molecular complexity index is 2960. The van der Waals surface area contributed by atoms with Crippen LogP contribution in [0.5, 0.6) is 5.75 Å². The van der Waals surface area contributed by atoms with E-state index in [9.17, 15) is 39.5 Å². The minimum atomic E-state index is -4.82. The van der Waals surface area contributed by atoms with Gasteiger partial charge in [-0.15, -0.1) is 5.10 Å². The molecule has 1 aliphatic carbocycles. The number of fused-ring (bicyclic) bond motifs is 1. The highest BCUT2D eigenvalue weighted by atomic mass is 35.5. The average Bonchev–Trinajstić information content (AvgIpc) is 4.06. The number of hydrogen-bond acceptors (Lipinski definition) is 10. The molecule has 22 heteroatoms. The molecule has 2 aliphatic rings. The summed E-state index contributed by atoms with van der Waals surface area (Å²) in [6, 6.07) is 29.8. The quantitative estimate of drug-likeness (QED) is 0.102. The van der Waals surface area contributed by atoms with E-state index in [0.717, 1.165) is 54.7 Å². The fourth-order valence-electron chi connectivity index (χ4n) is 8.46. The average molecular weight is 1030 g/mol. The van der Waals surface area contributed by atoms with Crippen LogP contribution in [0.15, 0.2) is 139 Å². The Morgan fingerprint density at radius 3 is 1.76 bits per heavy atom. The number of halogens is 11. The van der Waals surface area contributed by atoms with Crippen molar-refractivity contribution >= 4 is 35.2 Å². The lowest BCUT2D eigenvalue weighted by atomic mass is 9.80. The van der Waals surface area contributed by atoms with E-state index in [0.29, 0.717) is 33.6 Å². The van der Waals surface area contributed by atoms with Gasteiger partial charge in [-0.1, -0.05) is 89.0 Å². The van der Waals surface area contributed by atoms with Gasteiger partial charge in [0.15, 0.2) is 0 Å². The number of hydrogen-bond donors (Lipinski definition) is 2. The number of nitrogens with one attached hydrogen (secondary N) is 2. The Balaban J connectivity index is 0.000000192. The first kappa shape index (κ1) is 50.5. The minimum absolute atomic E-state index is 0.0130. The molecular formula is C49H40Cl2F9N9O2. The van der Waals surface area contributed by atoms with Crippen LogP contribution in [0.1, 0.15) is 58.5 Å². The zero-order valence-corrected chi connectivity index (χ0v) is 38.6. The summed E-state index contributed by atoms with van der Waals surface area (Å²) in [4.78, 5) is 14.7. The van der Waals surface area contributed by atoms with E-state index in [1.165, 1.54) is 17.2 Å². The molecule has 0 radical (unpaired) electrons. The molecule has 71 heavy (non-hydrogen) atoms. The fraction of sp³-hybridized carbons (Fsp3) is 0.265. The largest absolute Gasteiger partial charge is 0.461 e. The zero-order chi connectivity index (χ0) is 50.6. The third-order valence-electron chi connectivity index (χ3n) is 11.7. The van der Waals surface area contributed by atoms with Gasteiger partial charge in [-0.05, 0) is 101 Å². The summed E-state index contributed by atoms with van der Waals surface area (Å²) in [7, 11) is 1.54. The lowest BCUT2D eigenvalue weighted by Crippen LogP contribution is -2.49. The van der Waals surface area contributed by atoms with Crippen molar-refractivity contribution in [2.45, 2.75) is 74.0 Å². The number of aromatic nitrogens is 6. The molecule has 4 atom stereocenters. The van der Waals surface area contributed by atoms with Crippen molar-refractivity contribution in [3.63, 3.8) is 0 Å². The predicted octanol–water partition coefficient (Wildman–Crippen LogP) is 11.5. The van der Waals surface area contributed by atoms with Gasteiger partial charge in [0.1, 0.15) is 34.6 Å². The van der Waals surface area contributed by atoms with Crippen LogP contribution >= 0.6 is 23.2 Å². The van der Waals surface area contributed by atoms with Crippen molar-refractivity contribution in [2.75, 3.05) is 5.32 Å². The molecule has 3 unspecified atom stereocenters. The predicted molar refractivity (Wildman–Crippen MR) is 245 cm³/mol. The third kappa shape index (κ3) is 11.8. The summed E-state index contributed by atoms with van der Waals surface area (Å²) in [6.07, 6.45) is -8.16. The number of benzene rings is 4. The van der Waals surface area contributed by atoms with Crippen LogP contribution in [0.2, 0.25) is 10.0 Å². The van der Waals surface area contributed by atoms with Crippen LogP contribution in [0, 0.1) is 11.6 Å². The van der Waals surface area contributed by atoms with Gasteiger partial charge in [-0.3, -0.25) is 9.97 Å². The Morgan fingerprint density at radius 2 is 1.25 bits per heavy atom. The van der Waals surface area contributed by atoms with Gasteiger partial charge in [-0.2, -0.15) is 35.5 Å². The summed E-state index contributed by atoms with van der Waals surface area (Å²) < 4.78 is 134. The Labute approximate surface area is 410 Å². The molecule has 9 rings (SSSR count). The van der Waals surface area contributed by atoms with Gasteiger partial charge in [0.05, 0.1) is 40.1 Å². The second-order valence-electron chi connectivity index (χ2n) is 16.7. The van der Waals surface area contributed by atoms with Crippen LogP contribution in [0.4, 0.5) is 45.5 Å². The Hall–Kier alpha value is -6.93. The van der Waals surface area contributed by atoms with Crippen LogP contribution in [-0.4, -0.2) is 60.9 Å². The van der Waals surface area contributed by atoms with Crippen LogP contribution in [0.3, 0.4) is 0 Å². The molecule has 370 valence electrons. The van der Waals surface area contributed by atoms with Crippen molar-refractivity contribution in [2.24, 2.45) is 12.0 Å². The van der Waals surface area contributed by atoms with Crippen LogP contribution in [0.25, 0.3) is 0 Å². The normalized spacial score (nSPS) is 17.2. The van der Waals surface area contributed by atoms with Gasteiger partial charge < -0.3 is 20.1 Å². The van der Waals surface area contributed by atoms with E-state index in [1.54, 1.807) is 55.6 Å². The molecule has 3 aromatic heterocycles. The molecule has 1 fully saturated rings.